The van der Waals surface area contributed by atoms with Crippen molar-refractivity contribution in [2.24, 2.45) is 0 Å². The van der Waals surface area contributed by atoms with Crippen LogP contribution in [0.1, 0.15) is 58.3 Å². The largest absolute Gasteiger partial charge is 0.414 e. The van der Waals surface area contributed by atoms with E-state index in [0.717, 1.165) is 12.8 Å². The molecule has 0 N–H and O–H groups in total. The SMILES string of the molecule is CCCCCCC(CCCC#N)O[Si](C)C. The summed E-state index contributed by atoms with van der Waals surface area (Å²) in [4.78, 5) is 0. The standard InChI is InChI=1S/C13H26NOSi/c1-4-5-6-7-10-13(15-16(2)3)11-8-9-12-14/h13H,4-11H2,1-3H3. The quantitative estimate of drug-likeness (QED) is 0.421. The molecule has 0 bridgehead atoms. The summed E-state index contributed by atoms with van der Waals surface area (Å²) in [5.41, 5.74) is 0. The molecule has 0 rings (SSSR count). The molecular formula is C13H26NOSi. The Kier molecular flexibility index (Phi) is 10.9. The highest BCUT2D eigenvalue weighted by Crippen LogP contribution is 2.14. The van der Waals surface area contributed by atoms with Gasteiger partial charge in [0.05, 0.1) is 6.07 Å². The number of unbranched alkanes of at least 4 members (excludes halogenated alkanes) is 4. The van der Waals surface area contributed by atoms with Crippen LogP contribution in [0.5, 0.6) is 0 Å². The van der Waals surface area contributed by atoms with Crippen LogP contribution in [0.2, 0.25) is 13.1 Å². The number of hydrogen-bond acceptors (Lipinski definition) is 2. The van der Waals surface area contributed by atoms with Crippen LogP contribution >= 0.6 is 0 Å². The predicted molar refractivity (Wildman–Crippen MR) is 70.6 cm³/mol. The summed E-state index contributed by atoms with van der Waals surface area (Å²) in [6.07, 6.45) is 9.54. The first-order chi connectivity index (χ1) is 7.70. The Balaban J connectivity index is 3.68. The molecule has 0 saturated carbocycles. The Labute approximate surface area is 103 Å². The van der Waals surface area contributed by atoms with Crippen molar-refractivity contribution in [3.05, 3.63) is 0 Å². The van der Waals surface area contributed by atoms with Gasteiger partial charge in [0.15, 0.2) is 0 Å². The number of nitriles is 1. The second-order valence-corrected chi connectivity index (χ2v) is 6.60. The predicted octanol–water partition coefficient (Wildman–Crippen LogP) is 4.29. The Morgan fingerprint density at radius 2 is 1.81 bits per heavy atom. The van der Waals surface area contributed by atoms with Crippen LogP contribution in [0, 0.1) is 11.3 Å². The van der Waals surface area contributed by atoms with Crippen LogP contribution in [-0.4, -0.2) is 15.1 Å². The van der Waals surface area contributed by atoms with E-state index < -0.39 is 9.04 Å². The van der Waals surface area contributed by atoms with Gasteiger partial charge in [0, 0.05) is 12.5 Å². The highest BCUT2D eigenvalue weighted by atomic mass is 28.3. The summed E-state index contributed by atoms with van der Waals surface area (Å²) in [5, 5.41) is 8.52. The number of rotatable bonds is 10. The lowest BCUT2D eigenvalue weighted by molar-refractivity contribution is 0.176. The topological polar surface area (TPSA) is 33.0 Å². The van der Waals surface area contributed by atoms with Crippen LogP contribution in [-0.2, 0) is 4.43 Å². The molecule has 0 aliphatic rings. The molecule has 0 aliphatic heterocycles. The lowest BCUT2D eigenvalue weighted by atomic mass is 10.0. The van der Waals surface area contributed by atoms with Gasteiger partial charge in [-0.25, -0.2) is 0 Å². The van der Waals surface area contributed by atoms with Crippen molar-refractivity contribution in [2.45, 2.75) is 77.5 Å². The molecular weight excluding hydrogens is 214 g/mol. The maximum Gasteiger partial charge on any atom is 0.205 e. The lowest BCUT2D eigenvalue weighted by Gasteiger charge is -2.19. The molecule has 0 aliphatic carbocycles. The van der Waals surface area contributed by atoms with E-state index in [0.29, 0.717) is 12.5 Å². The summed E-state index contributed by atoms with van der Waals surface area (Å²) >= 11 is 0. The number of hydrogen-bond donors (Lipinski definition) is 0. The molecule has 3 heteroatoms. The van der Waals surface area contributed by atoms with E-state index >= 15 is 0 Å². The molecule has 0 saturated heterocycles. The fraction of sp³-hybridized carbons (Fsp3) is 0.923. The normalized spacial score (nSPS) is 12.7. The van der Waals surface area contributed by atoms with Crippen LogP contribution < -0.4 is 0 Å². The van der Waals surface area contributed by atoms with Gasteiger partial charge in [0.1, 0.15) is 0 Å². The first-order valence-electron chi connectivity index (χ1n) is 6.54. The highest BCUT2D eigenvalue weighted by Gasteiger charge is 2.11. The molecule has 0 spiro atoms. The van der Waals surface area contributed by atoms with Crippen molar-refractivity contribution in [2.75, 3.05) is 0 Å². The smallest absolute Gasteiger partial charge is 0.205 e. The van der Waals surface area contributed by atoms with Gasteiger partial charge in [-0.1, -0.05) is 32.6 Å². The van der Waals surface area contributed by atoms with Crippen molar-refractivity contribution in [3.8, 4) is 6.07 Å². The number of nitrogens with zero attached hydrogens (tertiary/aromatic N) is 1. The second kappa shape index (κ2) is 11.2. The van der Waals surface area contributed by atoms with E-state index in [9.17, 15) is 0 Å². The van der Waals surface area contributed by atoms with E-state index in [-0.39, 0.29) is 0 Å². The molecule has 16 heavy (non-hydrogen) atoms. The minimum absolute atomic E-state index is 0.411. The van der Waals surface area contributed by atoms with E-state index in [2.05, 4.69) is 26.1 Å². The van der Waals surface area contributed by atoms with E-state index in [1.165, 1.54) is 32.1 Å². The Bertz CT molecular complexity index is 189. The third kappa shape index (κ3) is 10.2. The van der Waals surface area contributed by atoms with Crippen LogP contribution in [0.3, 0.4) is 0 Å². The van der Waals surface area contributed by atoms with Crippen LogP contribution in [0.15, 0.2) is 0 Å². The summed E-state index contributed by atoms with van der Waals surface area (Å²) < 4.78 is 5.97. The summed E-state index contributed by atoms with van der Waals surface area (Å²) in [5.74, 6) is 0. The minimum Gasteiger partial charge on any atom is -0.414 e. The first kappa shape index (κ1) is 15.7. The zero-order valence-corrected chi connectivity index (χ0v) is 12.1. The summed E-state index contributed by atoms with van der Waals surface area (Å²) in [6, 6.07) is 2.21. The molecule has 93 valence electrons. The van der Waals surface area contributed by atoms with E-state index in [1.807, 2.05) is 0 Å². The maximum atomic E-state index is 8.52. The van der Waals surface area contributed by atoms with Gasteiger partial charge in [-0.3, -0.25) is 0 Å². The van der Waals surface area contributed by atoms with E-state index in [1.54, 1.807) is 0 Å². The van der Waals surface area contributed by atoms with Gasteiger partial charge in [-0.2, -0.15) is 5.26 Å². The highest BCUT2D eigenvalue weighted by molar-refractivity contribution is 6.48. The molecule has 0 heterocycles. The molecule has 0 fully saturated rings. The molecule has 1 radical (unpaired) electrons. The molecule has 1 atom stereocenters. The Morgan fingerprint density at radius 1 is 1.12 bits per heavy atom. The monoisotopic (exact) mass is 240 g/mol. The summed E-state index contributed by atoms with van der Waals surface area (Å²) in [6.45, 7) is 6.61. The van der Waals surface area contributed by atoms with Crippen LogP contribution in [0.25, 0.3) is 0 Å². The second-order valence-electron chi connectivity index (χ2n) is 4.55. The zero-order valence-electron chi connectivity index (χ0n) is 11.1. The van der Waals surface area contributed by atoms with E-state index in [4.69, 9.17) is 9.69 Å². The molecule has 0 aromatic rings. The van der Waals surface area contributed by atoms with Gasteiger partial charge in [-0.05, 0) is 32.4 Å². The van der Waals surface area contributed by atoms with Gasteiger partial charge in [-0.15, -0.1) is 0 Å². The van der Waals surface area contributed by atoms with Gasteiger partial charge in [0.2, 0.25) is 9.04 Å². The maximum absolute atomic E-state index is 8.52. The van der Waals surface area contributed by atoms with Crippen molar-refractivity contribution in [1.82, 2.24) is 0 Å². The van der Waals surface area contributed by atoms with Gasteiger partial charge in [0.25, 0.3) is 0 Å². The molecule has 0 aromatic carbocycles. The molecule has 1 unspecified atom stereocenters. The fourth-order valence-electron chi connectivity index (χ4n) is 1.80. The van der Waals surface area contributed by atoms with Crippen molar-refractivity contribution >= 4 is 9.04 Å². The third-order valence-corrected chi connectivity index (χ3v) is 3.40. The average molecular weight is 240 g/mol. The minimum atomic E-state index is -0.595. The molecule has 2 nitrogen and oxygen atoms in total. The Hall–Kier alpha value is -0.333. The molecule has 0 aromatic heterocycles. The molecule has 0 amide bonds. The average Bonchev–Trinajstić information content (AvgIpc) is 2.23. The fourth-order valence-corrected chi connectivity index (χ4v) is 2.71. The zero-order chi connectivity index (χ0) is 12.2. The third-order valence-electron chi connectivity index (χ3n) is 2.60. The summed E-state index contributed by atoms with van der Waals surface area (Å²) in [7, 11) is -0.595. The van der Waals surface area contributed by atoms with Crippen molar-refractivity contribution in [3.63, 3.8) is 0 Å². The van der Waals surface area contributed by atoms with Crippen molar-refractivity contribution in [1.29, 1.82) is 5.26 Å². The van der Waals surface area contributed by atoms with Crippen LogP contribution in [0.4, 0.5) is 0 Å². The lowest BCUT2D eigenvalue weighted by Crippen LogP contribution is -2.20. The van der Waals surface area contributed by atoms with Crippen molar-refractivity contribution < 1.29 is 4.43 Å². The Morgan fingerprint density at radius 3 is 2.38 bits per heavy atom. The van der Waals surface area contributed by atoms with Gasteiger partial charge >= 0.3 is 0 Å². The first-order valence-corrected chi connectivity index (χ1v) is 8.95. The van der Waals surface area contributed by atoms with Gasteiger partial charge < -0.3 is 4.43 Å².